The van der Waals surface area contributed by atoms with Gasteiger partial charge in [-0.1, -0.05) is 36.7 Å². The van der Waals surface area contributed by atoms with Gasteiger partial charge in [0.25, 0.3) is 5.91 Å². The van der Waals surface area contributed by atoms with Gasteiger partial charge in [0.2, 0.25) is 0 Å². The second kappa shape index (κ2) is 8.35. The van der Waals surface area contributed by atoms with Crippen molar-refractivity contribution in [3.05, 3.63) is 58.7 Å². The van der Waals surface area contributed by atoms with E-state index in [0.29, 0.717) is 27.8 Å². The van der Waals surface area contributed by atoms with Gasteiger partial charge in [-0.15, -0.1) is 0 Å². The third-order valence-corrected chi connectivity index (χ3v) is 4.63. The lowest BCUT2D eigenvalue weighted by molar-refractivity contribution is -0.113. The highest BCUT2D eigenvalue weighted by atomic mass is 35.5. The van der Waals surface area contributed by atoms with E-state index in [1.54, 1.807) is 42.5 Å². The average Bonchev–Trinajstić information content (AvgIpc) is 2.97. The summed E-state index contributed by atoms with van der Waals surface area (Å²) in [6.45, 7) is 3.95. The van der Waals surface area contributed by atoms with Crippen LogP contribution in [0, 0.1) is 0 Å². The van der Waals surface area contributed by atoms with E-state index < -0.39 is 11.9 Å². The van der Waals surface area contributed by atoms with E-state index in [2.05, 4.69) is 5.32 Å². The number of halogens is 1. The van der Waals surface area contributed by atoms with E-state index in [-0.39, 0.29) is 11.8 Å². The molecule has 1 fully saturated rings. The molecule has 1 saturated heterocycles. The van der Waals surface area contributed by atoms with Gasteiger partial charge in [-0.2, -0.15) is 0 Å². The van der Waals surface area contributed by atoms with E-state index in [4.69, 9.17) is 21.1 Å². The first kappa shape index (κ1) is 19.8. The van der Waals surface area contributed by atoms with Crippen LogP contribution in [0.5, 0.6) is 11.5 Å². The van der Waals surface area contributed by atoms with Crippen molar-refractivity contribution < 1.29 is 19.1 Å². The maximum absolute atomic E-state index is 12.7. The second-order valence-electron chi connectivity index (χ2n) is 6.34. The summed E-state index contributed by atoms with van der Waals surface area (Å²) < 4.78 is 11.2. The molecule has 0 radical (unpaired) electrons. The maximum atomic E-state index is 12.7. The Kier molecular flexibility index (Phi) is 5.90. The zero-order chi connectivity index (χ0) is 20.3. The molecule has 2 aromatic rings. The second-order valence-corrected chi connectivity index (χ2v) is 6.74. The summed E-state index contributed by atoms with van der Waals surface area (Å²) in [7, 11) is 1.52. The van der Waals surface area contributed by atoms with Gasteiger partial charge in [-0.25, -0.2) is 9.69 Å². The Bertz CT molecular complexity index is 928. The predicted octanol–water partition coefficient (Wildman–Crippen LogP) is 4.62. The number of benzene rings is 2. The zero-order valence-electron chi connectivity index (χ0n) is 15.9. The standard InChI is InChI=1S/C21H21ClN2O4/c1-4-13(2)28-19-16(22)10-14(12-18(19)27-3)11-17-20(25)24(21(26)23-17)15-8-6-5-7-9-15/h5-13H,4H2,1-3H3,(H,23,26)/b17-11+/t13-/m1/s1. The van der Waals surface area contributed by atoms with Crippen LogP contribution >= 0.6 is 11.6 Å². The van der Waals surface area contributed by atoms with Gasteiger partial charge in [0, 0.05) is 0 Å². The van der Waals surface area contributed by atoms with Crippen molar-refractivity contribution in [2.75, 3.05) is 12.0 Å². The number of para-hydroxylation sites is 1. The third kappa shape index (κ3) is 3.97. The minimum atomic E-state index is -0.503. The molecule has 146 valence electrons. The first-order valence-corrected chi connectivity index (χ1v) is 9.28. The summed E-state index contributed by atoms with van der Waals surface area (Å²) in [6, 6.07) is 11.6. The lowest BCUT2D eigenvalue weighted by Gasteiger charge is -2.17. The lowest BCUT2D eigenvalue weighted by atomic mass is 10.1. The fraction of sp³-hybridized carbons (Fsp3) is 0.238. The lowest BCUT2D eigenvalue weighted by Crippen LogP contribution is -2.30. The number of imide groups is 1. The summed E-state index contributed by atoms with van der Waals surface area (Å²) in [6.07, 6.45) is 2.36. The minimum absolute atomic E-state index is 0.0225. The molecule has 28 heavy (non-hydrogen) atoms. The maximum Gasteiger partial charge on any atom is 0.333 e. The van der Waals surface area contributed by atoms with Crippen molar-refractivity contribution in [1.82, 2.24) is 5.32 Å². The number of ether oxygens (including phenoxy) is 2. The molecular formula is C21H21ClN2O4. The molecular weight excluding hydrogens is 380 g/mol. The molecule has 0 aromatic heterocycles. The topological polar surface area (TPSA) is 67.9 Å². The molecule has 3 amide bonds. The van der Waals surface area contributed by atoms with E-state index in [9.17, 15) is 9.59 Å². The smallest absolute Gasteiger partial charge is 0.333 e. The molecule has 0 aliphatic carbocycles. The number of urea groups is 1. The molecule has 3 rings (SSSR count). The van der Waals surface area contributed by atoms with Crippen LogP contribution in [0.25, 0.3) is 6.08 Å². The highest BCUT2D eigenvalue weighted by molar-refractivity contribution is 6.32. The molecule has 6 nitrogen and oxygen atoms in total. The number of carbonyl (C=O) groups is 2. The minimum Gasteiger partial charge on any atom is -0.493 e. The molecule has 1 N–H and O–H groups in total. The fourth-order valence-corrected chi connectivity index (χ4v) is 3.00. The molecule has 1 aliphatic rings. The van der Waals surface area contributed by atoms with Gasteiger partial charge in [0.1, 0.15) is 5.70 Å². The number of amides is 3. The Balaban J connectivity index is 1.92. The van der Waals surface area contributed by atoms with Gasteiger partial charge in [-0.3, -0.25) is 4.79 Å². The van der Waals surface area contributed by atoms with Crippen molar-refractivity contribution in [1.29, 1.82) is 0 Å². The summed E-state index contributed by atoms with van der Waals surface area (Å²) in [5, 5.41) is 2.96. The Hall–Kier alpha value is -2.99. The number of nitrogens with one attached hydrogen (secondary N) is 1. The molecule has 1 atom stereocenters. The highest BCUT2D eigenvalue weighted by Crippen LogP contribution is 2.38. The molecule has 7 heteroatoms. The van der Waals surface area contributed by atoms with Crippen molar-refractivity contribution >= 4 is 35.3 Å². The van der Waals surface area contributed by atoms with Crippen molar-refractivity contribution in [3.63, 3.8) is 0 Å². The Labute approximate surface area is 168 Å². The van der Waals surface area contributed by atoms with Gasteiger partial charge >= 0.3 is 6.03 Å². The van der Waals surface area contributed by atoms with Crippen LogP contribution in [0.1, 0.15) is 25.8 Å². The third-order valence-electron chi connectivity index (χ3n) is 4.35. The molecule has 0 bridgehead atoms. The monoisotopic (exact) mass is 400 g/mol. The van der Waals surface area contributed by atoms with Crippen LogP contribution in [0.15, 0.2) is 48.2 Å². The first-order chi connectivity index (χ1) is 13.4. The number of methoxy groups -OCH3 is 1. The summed E-state index contributed by atoms with van der Waals surface area (Å²) >= 11 is 6.37. The molecule has 1 heterocycles. The number of hydrogen-bond acceptors (Lipinski definition) is 4. The quantitative estimate of drug-likeness (QED) is 0.567. The average molecular weight is 401 g/mol. The number of hydrogen-bond donors (Lipinski definition) is 1. The Morgan fingerprint density at radius 2 is 1.93 bits per heavy atom. The van der Waals surface area contributed by atoms with Crippen molar-refractivity contribution in [3.8, 4) is 11.5 Å². The van der Waals surface area contributed by atoms with Crippen molar-refractivity contribution in [2.45, 2.75) is 26.4 Å². The van der Waals surface area contributed by atoms with E-state index in [1.165, 1.54) is 7.11 Å². The van der Waals surface area contributed by atoms with Gasteiger partial charge < -0.3 is 14.8 Å². The van der Waals surface area contributed by atoms with Gasteiger partial charge in [0.15, 0.2) is 11.5 Å². The summed E-state index contributed by atoms with van der Waals surface area (Å²) in [5.41, 5.74) is 1.26. The number of rotatable bonds is 6. The van der Waals surface area contributed by atoms with E-state index in [1.807, 2.05) is 19.9 Å². The SMILES string of the molecule is CC[C@@H](C)Oc1c(Cl)cc(/C=C2/NC(=O)N(c3ccccc3)C2=O)cc1OC. The van der Waals surface area contributed by atoms with Crippen LogP contribution < -0.4 is 19.7 Å². The summed E-state index contributed by atoms with van der Waals surface area (Å²) in [5.74, 6) is 0.468. The Morgan fingerprint density at radius 1 is 1.21 bits per heavy atom. The number of nitrogens with zero attached hydrogens (tertiary/aromatic N) is 1. The van der Waals surface area contributed by atoms with E-state index in [0.717, 1.165) is 11.3 Å². The van der Waals surface area contributed by atoms with Gasteiger partial charge in [-0.05, 0) is 49.2 Å². The van der Waals surface area contributed by atoms with Crippen molar-refractivity contribution in [2.24, 2.45) is 0 Å². The fourth-order valence-electron chi connectivity index (χ4n) is 2.74. The molecule has 0 unspecified atom stereocenters. The van der Waals surface area contributed by atoms with E-state index >= 15 is 0 Å². The van der Waals surface area contributed by atoms with Crippen LogP contribution in [0.4, 0.5) is 10.5 Å². The Morgan fingerprint density at radius 3 is 2.57 bits per heavy atom. The largest absolute Gasteiger partial charge is 0.493 e. The number of carbonyl (C=O) groups excluding carboxylic acids is 2. The first-order valence-electron chi connectivity index (χ1n) is 8.91. The predicted molar refractivity (Wildman–Crippen MR) is 109 cm³/mol. The van der Waals surface area contributed by atoms with Crippen LogP contribution in [-0.4, -0.2) is 25.2 Å². The zero-order valence-corrected chi connectivity index (χ0v) is 16.6. The van der Waals surface area contributed by atoms with Crippen LogP contribution in [-0.2, 0) is 4.79 Å². The van der Waals surface area contributed by atoms with Crippen LogP contribution in [0.2, 0.25) is 5.02 Å². The molecule has 2 aromatic carbocycles. The molecule has 1 aliphatic heterocycles. The highest BCUT2D eigenvalue weighted by Gasteiger charge is 2.34. The van der Waals surface area contributed by atoms with Gasteiger partial charge in [0.05, 0.1) is 23.9 Å². The molecule has 0 spiro atoms. The normalized spacial score (nSPS) is 16.3. The molecule has 0 saturated carbocycles. The van der Waals surface area contributed by atoms with Crippen LogP contribution in [0.3, 0.4) is 0 Å². The number of anilines is 1. The summed E-state index contributed by atoms with van der Waals surface area (Å²) in [4.78, 5) is 26.1.